The Morgan fingerprint density at radius 1 is 1.00 bits per heavy atom. The van der Waals surface area contributed by atoms with E-state index in [1.54, 1.807) is 0 Å². The third-order valence-electron chi connectivity index (χ3n) is 5.58. The van der Waals surface area contributed by atoms with Crippen LogP contribution in [0.5, 0.6) is 11.5 Å². The van der Waals surface area contributed by atoms with E-state index in [4.69, 9.17) is 9.47 Å². The molecule has 33 heavy (non-hydrogen) atoms. The molecule has 0 fully saturated rings. The lowest BCUT2D eigenvalue weighted by atomic mass is 10.1. The van der Waals surface area contributed by atoms with Crippen molar-refractivity contribution in [3.05, 3.63) is 83.9 Å². The van der Waals surface area contributed by atoms with Crippen molar-refractivity contribution in [2.75, 3.05) is 6.79 Å². The summed E-state index contributed by atoms with van der Waals surface area (Å²) in [6, 6.07) is 23.4. The van der Waals surface area contributed by atoms with E-state index in [1.807, 2.05) is 84.3 Å². The molecule has 0 amide bonds. The van der Waals surface area contributed by atoms with Crippen molar-refractivity contribution in [2.24, 2.45) is 0 Å². The number of thioether (sulfide) groups is 1. The van der Waals surface area contributed by atoms with Crippen molar-refractivity contribution in [2.45, 2.75) is 30.7 Å². The second kappa shape index (κ2) is 9.11. The summed E-state index contributed by atoms with van der Waals surface area (Å²) in [7, 11) is 0. The van der Waals surface area contributed by atoms with Gasteiger partial charge >= 0.3 is 0 Å². The molecule has 2 heterocycles. The quantitative estimate of drug-likeness (QED) is 0.266. The number of para-hydroxylation sites is 1. The number of carbonyl (C=O) groups is 1. The summed E-state index contributed by atoms with van der Waals surface area (Å²) in [6.45, 7) is 4.22. The van der Waals surface area contributed by atoms with Crippen molar-refractivity contribution in [3.8, 4) is 28.6 Å². The Bertz CT molecular complexity index is 1290. The predicted octanol–water partition coefficient (Wildman–Crippen LogP) is 5.59. The molecule has 5 rings (SSSR count). The number of nitrogens with zero attached hydrogens (tertiary/aromatic N) is 3. The van der Waals surface area contributed by atoms with Gasteiger partial charge in [-0.05, 0) is 49.2 Å². The van der Waals surface area contributed by atoms with Crippen molar-refractivity contribution >= 4 is 17.5 Å². The Balaban J connectivity index is 1.49. The van der Waals surface area contributed by atoms with Gasteiger partial charge in [-0.25, -0.2) is 0 Å². The predicted molar refractivity (Wildman–Crippen MR) is 128 cm³/mol. The molecule has 0 bridgehead atoms. The van der Waals surface area contributed by atoms with Crippen LogP contribution in [0, 0.1) is 0 Å². The number of Topliss-reactive ketones (excluding diaryl/α,β-unsaturated/α-hetero) is 1. The van der Waals surface area contributed by atoms with Gasteiger partial charge in [0, 0.05) is 16.8 Å². The molecule has 4 aromatic rings. The molecule has 1 aliphatic heterocycles. The van der Waals surface area contributed by atoms with Gasteiger partial charge in [0.25, 0.3) is 0 Å². The molecule has 0 saturated heterocycles. The Hall–Kier alpha value is -3.58. The Labute approximate surface area is 196 Å². The van der Waals surface area contributed by atoms with Crippen molar-refractivity contribution < 1.29 is 14.3 Å². The summed E-state index contributed by atoms with van der Waals surface area (Å²) in [5.41, 5.74) is 3.69. The second-order valence-electron chi connectivity index (χ2n) is 7.72. The van der Waals surface area contributed by atoms with Gasteiger partial charge in [0.15, 0.2) is 28.3 Å². The zero-order chi connectivity index (χ0) is 22.8. The normalized spacial score (nSPS) is 13.2. The zero-order valence-electron chi connectivity index (χ0n) is 18.4. The molecule has 166 valence electrons. The maximum absolute atomic E-state index is 13.1. The third-order valence-corrected chi connectivity index (χ3v) is 6.62. The largest absolute Gasteiger partial charge is 0.454 e. The van der Waals surface area contributed by atoms with Crippen molar-refractivity contribution in [1.82, 2.24) is 14.8 Å². The summed E-state index contributed by atoms with van der Waals surface area (Å²) >= 11 is 1.40. The minimum absolute atomic E-state index is 0.0647. The van der Waals surface area contributed by atoms with Crippen LogP contribution in [-0.4, -0.2) is 32.6 Å². The molecular weight excluding hydrogens is 434 g/mol. The number of aryl methyl sites for hydroxylation is 1. The van der Waals surface area contributed by atoms with E-state index in [0.29, 0.717) is 28.0 Å². The van der Waals surface area contributed by atoms with Gasteiger partial charge in [-0.2, -0.15) is 0 Å². The van der Waals surface area contributed by atoms with Gasteiger partial charge in [0.2, 0.25) is 6.79 Å². The number of benzene rings is 3. The number of rotatable bonds is 7. The van der Waals surface area contributed by atoms with Crippen LogP contribution in [0.25, 0.3) is 17.1 Å². The smallest absolute Gasteiger partial charge is 0.231 e. The Kier molecular flexibility index (Phi) is 5.88. The highest BCUT2D eigenvalue weighted by Crippen LogP contribution is 2.37. The first kappa shape index (κ1) is 21.3. The molecule has 0 spiro atoms. The van der Waals surface area contributed by atoms with Crippen LogP contribution in [0.2, 0.25) is 0 Å². The zero-order valence-corrected chi connectivity index (χ0v) is 19.2. The van der Waals surface area contributed by atoms with E-state index in [9.17, 15) is 4.79 Å². The van der Waals surface area contributed by atoms with Gasteiger partial charge in [0.1, 0.15) is 0 Å². The van der Waals surface area contributed by atoms with Gasteiger partial charge < -0.3 is 9.47 Å². The summed E-state index contributed by atoms with van der Waals surface area (Å²) in [4.78, 5) is 13.1. The molecule has 7 heteroatoms. The summed E-state index contributed by atoms with van der Waals surface area (Å²) in [5.74, 6) is 2.14. The average Bonchev–Trinajstić information content (AvgIpc) is 3.50. The highest BCUT2D eigenvalue weighted by atomic mass is 32.2. The Morgan fingerprint density at radius 3 is 2.52 bits per heavy atom. The Morgan fingerprint density at radius 2 is 1.76 bits per heavy atom. The van der Waals surface area contributed by atoms with E-state index < -0.39 is 0 Å². The molecule has 1 unspecified atom stereocenters. The van der Waals surface area contributed by atoms with Crippen molar-refractivity contribution in [3.63, 3.8) is 0 Å². The lowest BCUT2D eigenvalue weighted by Crippen LogP contribution is -2.14. The van der Waals surface area contributed by atoms with E-state index in [-0.39, 0.29) is 17.8 Å². The topological polar surface area (TPSA) is 66.2 Å². The first-order valence-electron chi connectivity index (χ1n) is 10.8. The number of hydrogen-bond donors (Lipinski definition) is 0. The van der Waals surface area contributed by atoms with Crippen LogP contribution in [-0.2, 0) is 6.42 Å². The van der Waals surface area contributed by atoms with Gasteiger partial charge in [-0.15, -0.1) is 10.2 Å². The number of hydrogen-bond acceptors (Lipinski definition) is 6. The van der Waals surface area contributed by atoms with E-state index in [2.05, 4.69) is 17.1 Å². The maximum atomic E-state index is 13.1. The highest BCUT2D eigenvalue weighted by molar-refractivity contribution is 8.00. The third kappa shape index (κ3) is 4.24. The van der Waals surface area contributed by atoms with Crippen LogP contribution < -0.4 is 9.47 Å². The van der Waals surface area contributed by atoms with Crippen LogP contribution in [0.3, 0.4) is 0 Å². The molecule has 6 nitrogen and oxygen atoms in total. The van der Waals surface area contributed by atoms with Crippen molar-refractivity contribution in [1.29, 1.82) is 0 Å². The minimum atomic E-state index is -0.325. The van der Waals surface area contributed by atoms with E-state index in [1.165, 1.54) is 17.3 Å². The fourth-order valence-corrected chi connectivity index (χ4v) is 4.67. The number of ether oxygens (including phenoxy) is 2. The molecule has 0 radical (unpaired) electrons. The van der Waals surface area contributed by atoms with Gasteiger partial charge in [0.05, 0.1) is 5.25 Å². The number of aromatic nitrogens is 3. The van der Waals surface area contributed by atoms with Gasteiger partial charge in [-0.1, -0.05) is 61.2 Å². The van der Waals surface area contributed by atoms with Crippen LogP contribution >= 0.6 is 11.8 Å². The molecule has 0 saturated carbocycles. The fraction of sp³-hybridized carbons (Fsp3) is 0.192. The first-order chi connectivity index (χ1) is 16.1. The second-order valence-corrected chi connectivity index (χ2v) is 9.03. The highest BCUT2D eigenvalue weighted by Gasteiger charge is 2.24. The summed E-state index contributed by atoms with van der Waals surface area (Å²) in [5, 5.41) is 9.27. The van der Waals surface area contributed by atoms with E-state index in [0.717, 1.165) is 17.7 Å². The average molecular weight is 458 g/mol. The molecule has 0 N–H and O–H groups in total. The number of fused-ring (bicyclic) bond motifs is 1. The first-order valence-corrected chi connectivity index (χ1v) is 11.7. The molecule has 0 aliphatic carbocycles. The summed E-state index contributed by atoms with van der Waals surface area (Å²) < 4.78 is 13.0. The molecule has 3 aromatic carbocycles. The van der Waals surface area contributed by atoms with E-state index >= 15 is 0 Å². The standard InChI is InChI=1S/C26H23N3O3S/c1-3-18-9-11-19(12-10-18)24(30)17(2)33-26-28-27-25(29(26)21-7-5-4-6-8-21)20-13-14-22-23(15-20)32-16-31-22/h4-15,17H,3,16H2,1-2H3. The number of ketones is 1. The molecule has 1 aromatic heterocycles. The fourth-order valence-electron chi connectivity index (χ4n) is 3.73. The van der Waals surface area contributed by atoms with Crippen LogP contribution in [0.1, 0.15) is 29.8 Å². The maximum Gasteiger partial charge on any atom is 0.231 e. The monoisotopic (exact) mass is 457 g/mol. The van der Waals surface area contributed by atoms with Gasteiger partial charge in [-0.3, -0.25) is 9.36 Å². The summed E-state index contributed by atoms with van der Waals surface area (Å²) in [6.07, 6.45) is 0.946. The van der Waals surface area contributed by atoms with Crippen LogP contribution in [0.4, 0.5) is 0 Å². The lowest BCUT2D eigenvalue weighted by molar-refractivity contribution is 0.0994. The van der Waals surface area contributed by atoms with Crippen LogP contribution in [0.15, 0.2) is 78.0 Å². The SMILES string of the molecule is CCc1ccc(C(=O)C(C)Sc2nnc(-c3ccc4c(c3)OCO4)n2-c2ccccc2)cc1. The molecule has 1 atom stereocenters. The minimum Gasteiger partial charge on any atom is -0.454 e. The lowest BCUT2D eigenvalue weighted by Gasteiger charge is -2.13. The molecular formula is C26H23N3O3S. The molecule has 1 aliphatic rings. The number of carbonyl (C=O) groups excluding carboxylic acids is 1.